The number of hydrogen-bond acceptors (Lipinski definition) is 3. The fourth-order valence-electron chi connectivity index (χ4n) is 3.66. The summed E-state index contributed by atoms with van der Waals surface area (Å²) < 4.78 is 33.5. The average Bonchev–Trinajstić information content (AvgIpc) is 3.03. The SMILES string of the molecule is COc1cc(F)c(C(=O)N2Cc3[nH]c4ccccc4c3C[C@H]2C(=O)O)c(F)c1. The topological polar surface area (TPSA) is 82.6 Å². The highest BCUT2D eigenvalue weighted by molar-refractivity contribution is 5.98. The number of aromatic amines is 1. The number of nitrogens with one attached hydrogen (secondary N) is 1. The third-order valence-electron chi connectivity index (χ3n) is 5.02. The van der Waals surface area contributed by atoms with Gasteiger partial charge in [-0.15, -0.1) is 0 Å². The van der Waals surface area contributed by atoms with Crippen molar-refractivity contribution in [2.24, 2.45) is 0 Å². The van der Waals surface area contributed by atoms with Crippen molar-refractivity contribution < 1.29 is 28.2 Å². The Bertz CT molecular complexity index is 1090. The van der Waals surface area contributed by atoms with E-state index >= 15 is 0 Å². The van der Waals surface area contributed by atoms with Gasteiger partial charge in [0.15, 0.2) is 0 Å². The molecular weight excluding hydrogens is 370 g/mol. The third-order valence-corrected chi connectivity index (χ3v) is 5.02. The van der Waals surface area contributed by atoms with Crippen molar-refractivity contribution in [1.82, 2.24) is 9.88 Å². The number of rotatable bonds is 3. The van der Waals surface area contributed by atoms with Gasteiger partial charge < -0.3 is 19.7 Å². The van der Waals surface area contributed by atoms with Crippen LogP contribution in [-0.4, -0.2) is 40.0 Å². The van der Waals surface area contributed by atoms with Crippen molar-refractivity contribution in [1.29, 1.82) is 0 Å². The monoisotopic (exact) mass is 386 g/mol. The molecule has 0 bridgehead atoms. The number of fused-ring (bicyclic) bond motifs is 3. The van der Waals surface area contributed by atoms with E-state index in [0.29, 0.717) is 5.69 Å². The number of para-hydroxylation sites is 1. The summed E-state index contributed by atoms with van der Waals surface area (Å²) in [6.45, 7) is -0.0925. The Hall–Kier alpha value is -3.42. The molecule has 1 aromatic heterocycles. The lowest BCUT2D eigenvalue weighted by Crippen LogP contribution is -2.49. The highest BCUT2D eigenvalue weighted by atomic mass is 19.1. The first-order valence-corrected chi connectivity index (χ1v) is 8.56. The number of aromatic nitrogens is 1. The molecule has 4 rings (SSSR count). The quantitative estimate of drug-likeness (QED) is 0.725. The molecule has 0 unspecified atom stereocenters. The number of carboxylic acids is 1. The standard InChI is InChI=1S/C20H16F2N2O4/c1-28-10-6-13(21)18(14(22)7-10)19(25)24-9-16-12(8-17(24)20(26)27)11-4-2-3-5-15(11)23-16/h2-7,17,23H,8-9H2,1H3,(H,26,27)/t17-/m0/s1. The summed E-state index contributed by atoms with van der Waals surface area (Å²) >= 11 is 0. The Labute approximate surface area is 158 Å². The molecule has 2 aromatic carbocycles. The van der Waals surface area contributed by atoms with Gasteiger partial charge in [-0.1, -0.05) is 18.2 Å². The Morgan fingerprint density at radius 2 is 1.89 bits per heavy atom. The van der Waals surface area contributed by atoms with Crippen LogP contribution in [0.25, 0.3) is 10.9 Å². The van der Waals surface area contributed by atoms with Gasteiger partial charge >= 0.3 is 5.97 Å². The van der Waals surface area contributed by atoms with Crippen LogP contribution in [0.4, 0.5) is 8.78 Å². The molecule has 8 heteroatoms. The minimum absolute atomic E-state index is 0.0415. The van der Waals surface area contributed by atoms with Crippen molar-refractivity contribution in [3.63, 3.8) is 0 Å². The van der Waals surface area contributed by atoms with Gasteiger partial charge in [0.25, 0.3) is 5.91 Å². The lowest BCUT2D eigenvalue weighted by Gasteiger charge is -2.33. The molecule has 144 valence electrons. The van der Waals surface area contributed by atoms with E-state index in [4.69, 9.17) is 4.74 Å². The van der Waals surface area contributed by atoms with Gasteiger partial charge in [0.1, 0.15) is 29.0 Å². The number of carboxylic acid groups (broad SMARTS) is 1. The Morgan fingerprint density at radius 1 is 1.21 bits per heavy atom. The van der Waals surface area contributed by atoms with Crippen LogP contribution in [0.5, 0.6) is 5.75 Å². The smallest absolute Gasteiger partial charge is 0.326 e. The number of nitrogens with zero attached hydrogens (tertiary/aromatic N) is 1. The van der Waals surface area contributed by atoms with Crippen molar-refractivity contribution in [2.45, 2.75) is 19.0 Å². The number of aliphatic carboxylic acids is 1. The third kappa shape index (κ3) is 2.77. The van der Waals surface area contributed by atoms with Crippen LogP contribution in [0, 0.1) is 11.6 Å². The fourth-order valence-corrected chi connectivity index (χ4v) is 3.66. The van der Waals surface area contributed by atoms with Crippen LogP contribution in [0.15, 0.2) is 36.4 Å². The largest absolute Gasteiger partial charge is 0.497 e. The zero-order valence-electron chi connectivity index (χ0n) is 14.8. The molecule has 3 aromatic rings. The van der Waals surface area contributed by atoms with E-state index in [1.54, 1.807) is 0 Å². The second-order valence-corrected chi connectivity index (χ2v) is 6.58. The number of carbonyl (C=O) groups excluding carboxylic acids is 1. The molecular formula is C20H16F2N2O4. The zero-order valence-corrected chi connectivity index (χ0v) is 14.8. The summed E-state index contributed by atoms with van der Waals surface area (Å²) in [7, 11) is 1.25. The molecule has 28 heavy (non-hydrogen) atoms. The minimum atomic E-state index is -1.24. The zero-order chi connectivity index (χ0) is 20.0. The maximum Gasteiger partial charge on any atom is 0.326 e. The fraction of sp³-hybridized carbons (Fsp3) is 0.200. The molecule has 0 saturated heterocycles. The minimum Gasteiger partial charge on any atom is -0.497 e. The van der Waals surface area contributed by atoms with Crippen molar-refractivity contribution in [2.75, 3.05) is 7.11 Å². The first-order chi connectivity index (χ1) is 13.4. The molecule has 6 nitrogen and oxygen atoms in total. The van der Waals surface area contributed by atoms with Crippen LogP contribution >= 0.6 is 0 Å². The van der Waals surface area contributed by atoms with E-state index in [-0.39, 0.29) is 18.7 Å². The van der Waals surface area contributed by atoms with Crippen molar-refractivity contribution in [3.05, 3.63) is 64.9 Å². The van der Waals surface area contributed by atoms with Gasteiger partial charge in [-0.05, 0) is 11.6 Å². The van der Waals surface area contributed by atoms with Crippen LogP contribution in [-0.2, 0) is 17.8 Å². The lowest BCUT2D eigenvalue weighted by molar-refractivity contribution is -0.142. The Balaban J connectivity index is 1.78. The molecule has 1 aliphatic rings. The number of amides is 1. The summed E-state index contributed by atoms with van der Waals surface area (Å²) in [6, 6.07) is 7.94. The van der Waals surface area contributed by atoms with E-state index < -0.39 is 35.1 Å². The maximum absolute atomic E-state index is 14.4. The van der Waals surface area contributed by atoms with Gasteiger partial charge in [0.05, 0.1) is 13.7 Å². The van der Waals surface area contributed by atoms with E-state index in [0.717, 1.165) is 33.5 Å². The molecule has 0 spiro atoms. The van der Waals surface area contributed by atoms with Crippen molar-refractivity contribution in [3.8, 4) is 5.75 Å². The first kappa shape index (κ1) is 18.0. The molecule has 0 radical (unpaired) electrons. The Kier molecular flexibility index (Phi) is 4.26. The van der Waals surface area contributed by atoms with E-state index in [1.807, 2.05) is 24.3 Å². The summed E-state index contributed by atoms with van der Waals surface area (Å²) in [5, 5.41) is 10.5. The van der Waals surface area contributed by atoms with Gasteiger partial charge in [0, 0.05) is 35.2 Å². The number of benzene rings is 2. The molecule has 0 fully saturated rings. The second-order valence-electron chi connectivity index (χ2n) is 6.58. The number of methoxy groups -OCH3 is 1. The van der Waals surface area contributed by atoms with Crippen LogP contribution in [0.3, 0.4) is 0 Å². The summed E-state index contributed by atoms with van der Waals surface area (Å²) in [4.78, 5) is 28.9. The summed E-state index contributed by atoms with van der Waals surface area (Å²) in [5.74, 6) is -4.53. The predicted molar refractivity (Wildman–Crippen MR) is 96.2 cm³/mol. The average molecular weight is 386 g/mol. The molecule has 1 aliphatic heterocycles. The van der Waals surface area contributed by atoms with Gasteiger partial charge in [0.2, 0.25) is 0 Å². The highest BCUT2D eigenvalue weighted by Gasteiger charge is 2.38. The lowest BCUT2D eigenvalue weighted by atomic mass is 9.95. The number of carbonyl (C=O) groups is 2. The van der Waals surface area contributed by atoms with Crippen LogP contribution < -0.4 is 4.74 Å². The van der Waals surface area contributed by atoms with Gasteiger partial charge in [-0.2, -0.15) is 0 Å². The Morgan fingerprint density at radius 3 is 2.54 bits per heavy atom. The second kappa shape index (κ2) is 6.63. The van der Waals surface area contributed by atoms with Gasteiger partial charge in [-0.25, -0.2) is 13.6 Å². The molecule has 2 heterocycles. The van der Waals surface area contributed by atoms with Crippen LogP contribution in [0.2, 0.25) is 0 Å². The van der Waals surface area contributed by atoms with E-state index in [2.05, 4.69) is 4.98 Å². The van der Waals surface area contributed by atoms with E-state index in [1.165, 1.54) is 7.11 Å². The highest BCUT2D eigenvalue weighted by Crippen LogP contribution is 2.32. The number of ether oxygens (including phenoxy) is 1. The van der Waals surface area contributed by atoms with Gasteiger partial charge in [-0.3, -0.25) is 4.79 Å². The molecule has 1 atom stereocenters. The van der Waals surface area contributed by atoms with E-state index in [9.17, 15) is 23.5 Å². The molecule has 2 N–H and O–H groups in total. The summed E-state index contributed by atoms with van der Waals surface area (Å²) in [6.07, 6.45) is 0.0415. The van der Waals surface area contributed by atoms with Crippen LogP contribution in [0.1, 0.15) is 21.6 Å². The maximum atomic E-state index is 14.4. The van der Waals surface area contributed by atoms with Crippen molar-refractivity contribution >= 4 is 22.8 Å². The summed E-state index contributed by atoms with van der Waals surface area (Å²) in [5.41, 5.74) is 1.46. The number of halogens is 2. The predicted octanol–water partition coefficient (Wildman–Crippen LogP) is 3.11. The number of H-pyrrole nitrogens is 1. The molecule has 0 saturated carbocycles. The molecule has 1 amide bonds. The normalized spacial score (nSPS) is 16.1. The molecule has 0 aliphatic carbocycles. The number of hydrogen-bond donors (Lipinski definition) is 2. The first-order valence-electron chi connectivity index (χ1n) is 8.56.